The Morgan fingerprint density at radius 2 is 1.27 bits per heavy atom. The quantitative estimate of drug-likeness (QED) is 0.335. The summed E-state index contributed by atoms with van der Waals surface area (Å²) in [6.45, 7) is 4.07. The fraction of sp³-hybridized carbons (Fsp3) is 0.107. The van der Waals surface area contributed by atoms with Crippen LogP contribution in [0.3, 0.4) is 0 Å². The summed E-state index contributed by atoms with van der Waals surface area (Å²) in [6, 6.07) is 29.3. The number of aryl methyl sites for hydroxylation is 3. The van der Waals surface area contributed by atoms with Crippen LogP contribution >= 0.6 is 0 Å². The Morgan fingerprint density at radius 3 is 1.94 bits per heavy atom. The fourth-order valence-electron chi connectivity index (χ4n) is 4.56. The Labute approximate surface area is 192 Å². The van der Waals surface area contributed by atoms with Crippen molar-refractivity contribution in [3.63, 3.8) is 0 Å². The Balaban J connectivity index is 1.75. The molecule has 6 rings (SSSR count). The maximum Gasteiger partial charge on any atom is 0.182 e. The second kappa shape index (κ2) is 7.41. The molecule has 0 aliphatic heterocycles. The molecule has 0 bridgehead atoms. The van der Waals surface area contributed by atoms with Crippen LogP contribution in [0.15, 0.2) is 84.9 Å². The molecule has 0 aliphatic rings. The number of fused-ring (bicyclic) bond motifs is 3. The molecule has 3 aromatic heterocycles. The minimum absolute atomic E-state index is 0.705. The molecule has 0 aliphatic carbocycles. The van der Waals surface area contributed by atoms with Crippen LogP contribution in [0.4, 0.5) is 0 Å². The van der Waals surface area contributed by atoms with Gasteiger partial charge in [-0.15, -0.1) is 5.10 Å². The first kappa shape index (κ1) is 19.4. The largest absolute Gasteiger partial charge is 0.328 e. The number of hydrogen-bond acceptors (Lipinski definition) is 3. The minimum Gasteiger partial charge on any atom is -0.328 e. The van der Waals surface area contributed by atoms with Crippen molar-refractivity contribution >= 4 is 16.7 Å². The summed E-state index contributed by atoms with van der Waals surface area (Å²) in [5.74, 6) is 1.51. The standard InChI is InChI=1S/C28H23N5/c1-18-14-16-22(17-15-18)26-30-28-24-23(20-10-6-4-7-11-20)25(21-12-8-5-9-13-21)32(3)27(24)29-19(2)33(28)31-26/h4-17H,1-3H3. The normalized spacial score (nSPS) is 11.5. The summed E-state index contributed by atoms with van der Waals surface area (Å²) < 4.78 is 4.05. The number of nitrogens with zero attached hydrogens (tertiary/aromatic N) is 5. The van der Waals surface area contributed by atoms with Gasteiger partial charge in [-0.25, -0.2) is 9.97 Å². The van der Waals surface area contributed by atoms with E-state index in [1.807, 2.05) is 23.6 Å². The molecule has 0 atom stereocenters. The first-order chi connectivity index (χ1) is 16.1. The molecule has 0 N–H and O–H groups in total. The first-order valence-electron chi connectivity index (χ1n) is 11.1. The van der Waals surface area contributed by atoms with Crippen LogP contribution in [-0.4, -0.2) is 24.1 Å². The topological polar surface area (TPSA) is 48.0 Å². The predicted octanol–water partition coefficient (Wildman–Crippen LogP) is 6.23. The van der Waals surface area contributed by atoms with Gasteiger partial charge in [-0.2, -0.15) is 4.52 Å². The number of benzene rings is 3. The van der Waals surface area contributed by atoms with Crippen LogP contribution < -0.4 is 0 Å². The third kappa shape index (κ3) is 3.04. The smallest absolute Gasteiger partial charge is 0.182 e. The average molecular weight is 430 g/mol. The maximum atomic E-state index is 5.03. The highest BCUT2D eigenvalue weighted by Crippen LogP contribution is 2.41. The SMILES string of the molecule is Cc1ccc(-c2nc3c4c(-c5ccccc5)c(-c5ccccc5)n(C)c4nc(C)n3n2)cc1. The van der Waals surface area contributed by atoms with E-state index in [0.29, 0.717) is 5.82 Å². The summed E-state index contributed by atoms with van der Waals surface area (Å²) in [4.78, 5) is 10.0. The molecule has 0 saturated carbocycles. The van der Waals surface area contributed by atoms with Crippen LogP contribution in [0.2, 0.25) is 0 Å². The molecular weight excluding hydrogens is 406 g/mol. The Morgan fingerprint density at radius 1 is 0.636 bits per heavy atom. The van der Waals surface area contributed by atoms with E-state index in [2.05, 4.69) is 91.3 Å². The fourth-order valence-corrected chi connectivity index (χ4v) is 4.56. The van der Waals surface area contributed by atoms with E-state index in [9.17, 15) is 0 Å². The zero-order valence-electron chi connectivity index (χ0n) is 18.8. The molecule has 0 unspecified atom stereocenters. The Bertz CT molecular complexity index is 1610. The van der Waals surface area contributed by atoms with Crippen molar-refractivity contribution in [1.82, 2.24) is 24.1 Å². The van der Waals surface area contributed by atoms with Crippen molar-refractivity contribution in [3.8, 4) is 33.8 Å². The van der Waals surface area contributed by atoms with E-state index < -0.39 is 0 Å². The summed E-state index contributed by atoms with van der Waals surface area (Å²) in [7, 11) is 2.08. The highest BCUT2D eigenvalue weighted by Gasteiger charge is 2.24. The summed E-state index contributed by atoms with van der Waals surface area (Å²) >= 11 is 0. The number of rotatable bonds is 3. The third-order valence-corrected chi connectivity index (χ3v) is 6.19. The number of aromatic nitrogens is 5. The third-order valence-electron chi connectivity index (χ3n) is 6.19. The van der Waals surface area contributed by atoms with E-state index in [1.54, 1.807) is 0 Å². The molecule has 0 amide bonds. The van der Waals surface area contributed by atoms with Crippen molar-refractivity contribution in [2.75, 3.05) is 0 Å². The zero-order valence-corrected chi connectivity index (χ0v) is 18.8. The van der Waals surface area contributed by atoms with E-state index in [1.165, 1.54) is 5.56 Å². The van der Waals surface area contributed by atoms with Crippen LogP contribution in [-0.2, 0) is 7.05 Å². The Kier molecular flexibility index (Phi) is 4.37. The second-order valence-corrected chi connectivity index (χ2v) is 8.41. The zero-order chi connectivity index (χ0) is 22.5. The van der Waals surface area contributed by atoms with Gasteiger partial charge < -0.3 is 4.57 Å². The highest BCUT2D eigenvalue weighted by atomic mass is 15.3. The van der Waals surface area contributed by atoms with Gasteiger partial charge in [0.1, 0.15) is 11.5 Å². The van der Waals surface area contributed by atoms with E-state index in [-0.39, 0.29) is 0 Å². The first-order valence-corrected chi connectivity index (χ1v) is 11.1. The lowest BCUT2D eigenvalue weighted by Gasteiger charge is -2.08. The van der Waals surface area contributed by atoms with Crippen molar-refractivity contribution in [3.05, 3.63) is 96.3 Å². The van der Waals surface area contributed by atoms with Crippen molar-refractivity contribution in [2.24, 2.45) is 7.05 Å². The van der Waals surface area contributed by atoms with Gasteiger partial charge in [0.05, 0.1) is 11.1 Å². The molecule has 3 aromatic carbocycles. The van der Waals surface area contributed by atoms with Gasteiger partial charge in [-0.1, -0.05) is 90.5 Å². The van der Waals surface area contributed by atoms with Gasteiger partial charge in [0, 0.05) is 18.2 Å². The van der Waals surface area contributed by atoms with Gasteiger partial charge >= 0.3 is 0 Å². The predicted molar refractivity (Wildman–Crippen MR) is 133 cm³/mol. The van der Waals surface area contributed by atoms with Gasteiger partial charge in [0.15, 0.2) is 11.5 Å². The second-order valence-electron chi connectivity index (χ2n) is 8.41. The van der Waals surface area contributed by atoms with E-state index >= 15 is 0 Å². The van der Waals surface area contributed by atoms with Gasteiger partial charge in [0.2, 0.25) is 0 Å². The van der Waals surface area contributed by atoms with Crippen molar-refractivity contribution < 1.29 is 0 Å². The molecule has 160 valence electrons. The summed E-state index contributed by atoms with van der Waals surface area (Å²) in [5.41, 5.74) is 8.46. The van der Waals surface area contributed by atoms with Crippen LogP contribution in [0.25, 0.3) is 50.5 Å². The molecule has 0 fully saturated rings. The van der Waals surface area contributed by atoms with Gasteiger partial charge in [0.25, 0.3) is 0 Å². The summed E-state index contributed by atoms with van der Waals surface area (Å²) in [5, 5.41) is 5.86. The van der Waals surface area contributed by atoms with Gasteiger partial charge in [-0.05, 0) is 25.0 Å². The molecule has 0 radical (unpaired) electrons. The lowest BCUT2D eigenvalue weighted by molar-refractivity contribution is 0.862. The lowest BCUT2D eigenvalue weighted by Crippen LogP contribution is -2.00. The molecule has 3 heterocycles. The van der Waals surface area contributed by atoms with E-state index in [4.69, 9.17) is 15.1 Å². The van der Waals surface area contributed by atoms with Gasteiger partial charge in [-0.3, -0.25) is 0 Å². The monoisotopic (exact) mass is 429 g/mol. The average Bonchev–Trinajstić information content (AvgIpc) is 3.41. The maximum absolute atomic E-state index is 5.03. The Hall–Kier alpha value is -4.25. The van der Waals surface area contributed by atoms with Crippen LogP contribution in [0, 0.1) is 13.8 Å². The number of hydrogen-bond donors (Lipinski definition) is 0. The van der Waals surface area contributed by atoms with E-state index in [0.717, 1.165) is 50.5 Å². The summed E-state index contributed by atoms with van der Waals surface area (Å²) in [6.07, 6.45) is 0. The van der Waals surface area contributed by atoms with Crippen LogP contribution in [0.5, 0.6) is 0 Å². The van der Waals surface area contributed by atoms with Crippen molar-refractivity contribution in [1.29, 1.82) is 0 Å². The molecular formula is C28H23N5. The minimum atomic E-state index is 0.705. The van der Waals surface area contributed by atoms with Crippen molar-refractivity contribution in [2.45, 2.75) is 13.8 Å². The molecule has 6 aromatic rings. The molecule has 0 spiro atoms. The highest BCUT2D eigenvalue weighted by molar-refractivity contribution is 6.09. The molecule has 33 heavy (non-hydrogen) atoms. The molecule has 5 nitrogen and oxygen atoms in total. The van der Waals surface area contributed by atoms with Crippen LogP contribution in [0.1, 0.15) is 11.4 Å². The molecule has 0 saturated heterocycles. The molecule has 5 heteroatoms. The lowest BCUT2D eigenvalue weighted by atomic mass is 9.99.